The van der Waals surface area contributed by atoms with E-state index in [1.165, 1.54) is 0 Å². The number of aromatic nitrogens is 2. The number of halogens is 1. The van der Waals surface area contributed by atoms with Crippen molar-refractivity contribution in [2.45, 2.75) is 6.92 Å². The number of carbonyl (C=O) groups excluding carboxylic acids is 1. The van der Waals surface area contributed by atoms with Crippen LogP contribution >= 0.6 is 22.6 Å². The summed E-state index contributed by atoms with van der Waals surface area (Å²) < 4.78 is 2.73. The third kappa shape index (κ3) is 1.89. The molecule has 0 N–H and O–H groups in total. The molecule has 0 amide bonds. The maximum absolute atomic E-state index is 12.2. The number of rotatable bonds is 2. The molecule has 1 heterocycles. The van der Waals surface area contributed by atoms with Crippen molar-refractivity contribution in [2.24, 2.45) is 7.05 Å². The van der Waals surface area contributed by atoms with Crippen molar-refractivity contribution in [1.82, 2.24) is 9.55 Å². The van der Waals surface area contributed by atoms with Crippen LogP contribution in [0.5, 0.6) is 0 Å². The Hall–Kier alpha value is -1.17. The molecule has 0 aliphatic heterocycles. The van der Waals surface area contributed by atoms with Crippen LogP contribution in [0, 0.1) is 10.5 Å². The number of hydrogen-bond donors (Lipinski definition) is 0. The fourth-order valence-corrected chi connectivity index (χ4v) is 2.13. The van der Waals surface area contributed by atoms with E-state index >= 15 is 0 Å². The summed E-state index contributed by atoms with van der Waals surface area (Å²) in [5.74, 6) is 0.448. The van der Waals surface area contributed by atoms with Gasteiger partial charge in [0.1, 0.15) is 0 Å². The third-order valence-corrected chi connectivity index (χ3v) is 3.89. The largest absolute Gasteiger partial charge is 0.331 e. The molecule has 0 saturated carbocycles. The summed E-state index contributed by atoms with van der Waals surface area (Å²) in [5.41, 5.74) is 1.83. The average Bonchev–Trinajstić information content (AvgIpc) is 2.68. The van der Waals surface area contributed by atoms with Crippen molar-refractivity contribution >= 4 is 28.4 Å². The zero-order valence-corrected chi connectivity index (χ0v) is 11.2. The van der Waals surface area contributed by atoms with E-state index in [0.717, 1.165) is 14.7 Å². The minimum absolute atomic E-state index is 0.0272. The van der Waals surface area contributed by atoms with Crippen LogP contribution in [-0.2, 0) is 7.05 Å². The normalized spacial score (nSPS) is 10.4. The number of carbonyl (C=O) groups is 1. The predicted molar refractivity (Wildman–Crippen MR) is 70.5 cm³/mol. The molecular formula is C12H11IN2O. The number of imidazole rings is 1. The minimum atomic E-state index is -0.0272. The molecule has 0 saturated heterocycles. The Bertz CT molecular complexity index is 546. The van der Waals surface area contributed by atoms with Crippen molar-refractivity contribution in [2.75, 3.05) is 0 Å². The van der Waals surface area contributed by atoms with Crippen LogP contribution in [0.15, 0.2) is 30.6 Å². The van der Waals surface area contributed by atoms with Crippen LogP contribution in [-0.4, -0.2) is 15.3 Å². The number of hydrogen-bond acceptors (Lipinski definition) is 2. The van der Waals surface area contributed by atoms with Crippen LogP contribution in [0.3, 0.4) is 0 Å². The number of nitrogens with zero attached hydrogens (tertiary/aromatic N) is 2. The lowest BCUT2D eigenvalue weighted by Crippen LogP contribution is -2.10. The molecule has 2 aromatic rings. The summed E-state index contributed by atoms with van der Waals surface area (Å²) >= 11 is 2.20. The van der Waals surface area contributed by atoms with Crippen LogP contribution in [0.4, 0.5) is 0 Å². The molecule has 4 heteroatoms. The molecule has 3 nitrogen and oxygen atoms in total. The van der Waals surface area contributed by atoms with Gasteiger partial charge in [0.15, 0.2) is 5.82 Å². The van der Waals surface area contributed by atoms with Gasteiger partial charge in [-0.15, -0.1) is 0 Å². The lowest BCUT2D eigenvalue weighted by molar-refractivity contribution is 0.102. The second kappa shape index (κ2) is 4.37. The lowest BCUT2D eigenvalue weighted by atomic mass is 10.1. The fourth-order valence-electron chi connectivity index (χ4n) is 1.53. The fraction of sp³-hybridized carbons (Fsp3) is 0.167. The molecule has 2 rings (SSSR count). The first kappa shape index (κ1) is 11.3. The summed E-state index contributed by atoms with van der Waals surface area (Å²) in [6.07, 6.45) is 3.41. The Morgan fingerprint density at radius 3 is 2.81 bits per heavy atom. The lowest BCUT2D eigenvalue weighted by Gasteiger charge is -2.05. The van der Waals surface area contributed by atoms with Gasteiger partial charge in [-0.05, 0) is 41.1 Å². The highest BCUT2D eigenvalue weighted by Gasteiger charge is 2.16. The van der Waals surface area contributed by atoms with E-state index in [9.17, 15) is 4.79 Å². The molecule has 1 aromatic heterocycles. The molecule has 16 heavy (non-hydrogen) atoms. The summed E-state index contributed by atoms with van der Waals surface area (Å²) in [4.78, 5) is 16.3. The van der Waals surface area contributed by atoms with Gasteiger partial charge in [0.25, 0.3) is 0 Å². The second-order valence-corrected chi connectivity index (χ2v) is 4.71. The zero-order chi connectivity index (χ0) is 11.7. The van der Waals surface area contributed by atoms with Crippen LogP contribution in [0.2, 0.25) is 0 Å². The van der Waals surface area contributed by atoms with E-state index in [4.69, 9.17) is 0 Å². The number of ketones is 1. The van der Waals surface area contributed by atoms with Gasteiger partial charge in [-0.2, -0.15) is 0 Å². The SMILES string of the molecule is Cc1cccc(C(=O)c2nccn2C)c1I. The van der Waals surface area contributed by atoms with E-state index in [-0.39, 0.29) is 5.78 Å². The predicted octanol–water partition coefficient (Wildman–Crippen LogP) is 2.56. The zero-order valence-electron chi connectivity index (χ0n) is 9.07. The highest BCUT2D eigenvalue weighted by atomic mass is 127. The minimum Gasteiger partial charge on any atom is -0.331 e. The Kier molecular flexibility index (Phi) is 3.09. The van der Waals surface area contributed by atoms with Crippen molar-refractivity contribution < 1.29 is 4.79 Å². The van der Waals surface area contributed by atoms with Gasteiger partial charge in [-0.3, -0.25) is 4.79 Å². The highest BCUT2D eigenvalue weighted by Crippen LogP contribution is 2.19. The van der Waals surface area contributed by atoms with E-state index in [1.807, 2.05) is 32.2 Å². The molecular weight excluding hydrogens is 315 g/mol. The van der Waals surface area contributed by atoms with Crippen molar-refractivity contribution in [3.63, 3.8) is 0 Å². The second-order valence-electron chi connectivity index (χ2n) is 3.63. The monoisotopic (exact) mass is 326 g/mol. The Morgan fingerprint density at radius 2 is 2.19 bits per heavy atom. The highest BCUT2D eigenvalue weighted by molar-refractivity contribution is 14.1. The summed E-state index contributed by atoms with van der Waals surface area (Å²) in [6.45, 7) is 2.00. The first-order valence-electron chi connectivity index (χ1n) is 4.88. The van der Waals surface area contributed by atoms with Crippen molar-refractivity contribution in [3.8, 4) is 0 Å². The molecule has 0 radical (unpaired) electrons. The van der Waals surface area contributed by atoms with Crippen LogP contribution < -0.4 is 0 Å². The molecule has 0 spiro atoms. The van der Waals surface area contributed by atoms with Crippen molar-refractivity contribution in [1.29, 1.82) is 0 Å². The van der Waals surface area contributed by atoms with Crippen LogP contribution in [0.25, 0.3) is 0 Å². The van der Waals surface area contributed by atoms with Gasteiger partial charge in [0.05, 0.1) is 0 Å². The van der Waals surface area contributed by atoms with Gasteiger partial charge < -0.3 is 4.57 Å². The molecule has 0 aliphatic carbocycles. The summed E-state index contributed by atoms with van der Waals surface area (Å²) in [7, 11) is 1.82. The van der Waals surface area contributed by atoms with E-state index in [1.54, 1.807) is 17.0 Å². The molecule has 82 valence electrons. The van der Waals surface area contributed by atoms with Crippen LogP contribution in [0.1, 0.15) is 21.7 Å². The number of benzene rings is 1. The standard InChI is InChI=1S/C12H11IN2O/c1-8-4-3-5-9(10(8)13)11(16)12-14-6-7-15(12)2/h3-7H,1-2H3. The quantitative estimate of drug-likeness (QED) is 0.628. The Labute approximate surface area is 108 Å². The molecule has 1 aromatic carbocycles. The topological polar surface area (TPSA) is 34.9 Å². The maximum atomic E-state index is 12.2. The maximum Gasteiger partial charge on any atom is 0.229 e. The van der Waals surface area contributed by atoms with Gasteiger partial charge in [-0.1, -0.05) is 12.1 Å². The van der Waals surface area contributed by atoms with Gasteiger partial charge in [0.2, 0.25) is 5.78 Å². The first-order chi connectivity index (χ1) is 7.61. The van der Waals surface area contributed by atoms with E-state index in [2.05, 4.69) is 27.6 Å². The summed E-state index contributed by atoms with van der Waals surface area (Å²) in [5, 5.41) is 0. The molecule has 0 bridgehead atoms. The molecule has 0 fully saturated rings. The molecule has 0 aliphatic rings. The van der Waals surface area contributed by atoms with Gasteiger partial charge in [-0.25, -0.2) is 4.98 Å². The third-order valence-electron chi connectivity index (χ3n) is 2.46. The van der Waals surface area contributed by atoms with Gasteiger partial charge in [0, 0.05) is 28.6 Å². The summed E-state index contributed by atoms with van der Waals surface area (Å²) in [6, 6.07) is 5.73. The Morgan fingerprint density at radius 1 is 1.44 bits per heavy atom. The smallest absolute Gasteiger partial charge is 0.229 e. The van der Waals surface area contributed by atoms with Gasteiger partial charge >= 0.3 is 0 Å². The Balaban J connectivity index is 2.50. The van der Waals surface area contributed by atoms with E-state index in [0.29, 0.717) is 5.82 Å². The molecule has 0 atom stereocenters. The first-order valence-corrected chi connectivity index (χ1v) is 5.96. The van der Waals surface area contributed by atoms with Crippen molar-refractivity contribution in [3.05, 3.63) is 51.1 Å². The average molecular weight is 326 g/mol. The van der Waals surface area contributed by atoms with E-state index < -0.39 is 0 Å². The number of aryl methyl sites for hydroxylation is 2. The molecule has 0 unspecified atom stereocenters.